The van der Waals surface area contributed by atoms with Gasteiger partial charge < -0.3 is 4.90 Å². The standard InChI is InChI=1S/C26H27F3N2S/c1-19-11-12-24(20(2)17-19)32-25-10-6-5-9-23(25)31-15-13-30(14-16-31)18-21-7-3-4-8-22(21)26(27,28)29/h3-12,17H,13-16,18H2,1-2H3. The fourth-order valence-corrected chi connectivity index (χ4v) is 5.20. The van der Waals surface area contributed by atoms with E-state index in [9.17, 15) is 13.2 Å². The summed E-state index contributed by atoms with van der Waals surface area (Å²) in [5.41, 5.74) is 3.52. The highest BCUT2D eigenvalue weighted by Gasteiger charge is 2.33. The van der Waals surface area contributed by atoms with Gasteiger partial charge in [-0.3, -0.25) is 4.90 Å². The quantitative estimate of drug-likeness (QED) is 0.417. The number of rotatable bonds is 5. The fraction of sp³-hybridized carbons (Fsp3) is 0.308. The monoisotopic (exact) mass is 456 g/mol. The topological polar surface area (TPSA) is 6.48 Å². The summed E-state index contributed by atoms with van der Waals surface area (Å²) in [5, 5.41) is 0. The van der Waals surface area contributed by atoms with Crippen molar-refractivity contribution in [2.75, 3.05) is 31.1 Å². The number of benzene rings is 3. The van der Waals surface area contributed by atoms with Gasteiger partial charge in [0.15, 0.2) is 0 Å². The molecular weight excluding hydrogens is 429 g/mol. The van der Waals surface area contributed by atoms with E-state index in [0.29, 0.717) is 12.1 Å². The highest BCUT2D eigenvalue weighted by molar-refractivity contribution is 7.99. The molecule has 1 fully saturated rings. The van der Waals surface area contributed by atoms with Gasteiger partial charge in [0, 0.05) is 42.5 Å². The molecule has 0 aliphatic carbocycles. The summed E-state index contributed by atoms with van der Waals surface area (Å²) >= 11 is 1.77. The molecule has 1 heterocycles. The third-order valence-electron chi connectivity index (χ3n) is 5.85. The van der Waals surface area contributed by atoms with Crippen LogP contribution in [0.15, 0.2) is 76.5 Å². The van der Waals surface area contributed by atoms with Crippen molar-refractivity contribution in [1.82, 2.24) is 4.90 Å². The fourth-order valence-electron chi connectivity index (χ4n) is 4.16. The number of alkyl halides is 3. The number of hydrogen-bond acceptors (Lipinski definition) is 3. The summed E-state index contributed by atoms with van der Waals surface area (Å²) in [6, 6.07) is 20.8. The van der Waals surface area contributed by atoms with E-state index in [1.807, 2.05) is 6.07 Å². The Morgan fingerprint density at radius 3 is 2.22 bits per heavy atom. The molecule has 6 heteroatoms. The summed E-state index contributed by atoms with van der Waals surface area (Å²) < 4.78 is 40.0. The smallest absolute Gasteiger partial charge is 0.368 e. The number of para-hydroxylation sites is 1. The second-order valence-corrected chi connectivity index (χ2v) is 9.34. The summed E-state index contributed by atoms with van der Waals surface area (Å²) in [6.45, 7) is 7.60. The minimum atomic E-state index is -4.32. The Hall–Kier alpha value is -2.44. The highest BCUT2D eigenvalue weighted by Crippen LogP contribution is 2.38. The van der Waals surface area contributed by atoms with Crippen molar-refractivity contribution in [3.8, 4) is 0 Å². The number of anilines is 1. The zero-order chi connectivity index (χ0) is 22.7. The van der Waals surface area contributed by atoms with Crippen LogP contribution in [-0.4, -0.2) is 31.1 Å². The van der Waals surface area contributed by atoms with Crippen molar-refractivity contribution in [1.29, 1.82) is 0 Å². The van der Waals surface area contributed by atoms with Crippen LogP contribution < -0.4 is 4.90 Å². The summed E-state index contributed by atoms with van der Waals surface area (Å²) in [4.78, 5) is 6.90. The molecule has 3 aromatic carbocycles. The van der Waals surface area contributed by atoms with Crippen molar-refractivity contribution >= 4 is 17.4 Å². The number of nitrogens with zero attached hydrogens (tertiary/aromatic N) is 2. The van der Waals surface area contributed by atoms with Gasteiger partial charge in [-0.1, -0.05) is 59.8 Å². The zero-order valence-corrected chi connectivity index (χ0v) is 19.1. The summed E-state index contributed by atoms with van der Waals surface area (Å²) in [6.07, 6.45) is -4.32. The van der Waals surface area contributed by atoms with E-state index in [1.54, 1.807) is 23.9 Å². The van der Waals surface area contributed by atoms with Gasteiger partial charge in [0.05, 0.1) is 11.3 Å². The molecule has 0 bridgehead atoms. The molecule has 3 aromatic rings. The van der Waals surface area contributed by atoms with Gasteiger partial charge in [-0.2, -0.15) is 13.2 Å². The van der Waals surface area contributed by atoms with E-state index < -0.39 is 11.7 Å². The van der Waals surface area contributed by atoms with Crippen LogP contribution in [0.3, 0.4) is 0 Å². The van der Waals surface area contributed by atoms with Gasteiger partial charge in [0.2, 0.25) is 0 Å². The lowest BCUT2D eigenvalue weighted by molar-refractivity contribution is -0.138. The van der Waals surface area contributed by atoms with Gasteiger partial charge in [0.25, 0.3) is 0 Å². The second kappa shape index (κ2) is 9.59. The molecule has 0 atom stereocenters. The van der Waals surface area contributed by atoms with Crippen LogP contribution in [0.4, 0.5) is 18.9 Å². The van der Waals surface area contributed by atoms with Crippen LogP contribution in [0.1, 0.15) is 22.3 Å². The summed E-state index contributed by atoms with van der Waals surface area (Å²) in [7, 11) is 0. The van der Waals surface area contributed by atoms with E-state index in [4.69, 9.17) is 0 Å². The molecule has 0 aromatic heterocycles. The van der Waals surface area contributed by atoms with E-state index >= 15 is 0 Å². The lowest BCUT2D eigenvalue weighted by Gasteiger charge is -2.37. The number of hydrogen-bond donors (Lipinski definition) is 0. The zero-order valence-electron chi connectivity index (χ0n) is 18.3. The highest BCUT2D eigenvalue weighted by atomic mass is 32.2. The van der Waals surface area contributed by atoms with Crippen molar-refractivity contribution in [3.05, 3.63) is 89.0 Å². The SMILES string of the molecule is Cc1ccc(Sc2ccccc2N2CCN(Cc3ccccc3C(F)(F)F)CC2)c(C)c1. The summed E-state index contributed by atoms with van der Waals surface area (Å²) in [5.74, 6) is 0. The Kier molecular flexibility index (Phi) is 6.82. The normalized spacial score (nSPS) is 15.2. The van der Waals surface area contributed by atoms with Gasteiger partial charge in [-0.25, -0.2) is 0 Å². The van der Waals surface area contributed by atoms with Crippen molar-refractivity contribution in [2.45, 2.75) is 36.4 Å². The largest absolute Gasteiger partial charge is 0.416 e. The Labute approximate surface area is 192 Å². The van der Waals surface area contributed by atoms with E-state index in [0.717, 1.165) is 26.2 Å². The van der Waals surface area contributed by atoms with Gasteiger partial charge >= 0.3 is 6.18 Å². The van der Waals surface area contributed by atoms with Crippen LogP contribution in [-0.2, 0) is 12.7 Å². The molecule has 0 radical (unpaired) electrons. The van der Waals surface area contributed by atoms with Crippen LogP contribution in [0.5, 0.6) is 0 Å². The molecule has 1 saturated heterocycles. The van der Waals surface area contributed by atoms with Gasteiger partial charge in [0.1, 0.15) is 0 Å². The van der Waals surface area contributed by atoms with Crippen LogP contribution >= 0.6 is 11.8 Å². The molecule has 1 aliphatic rings. The maximum Gasteiger partial charge on any atom is 0.416 e. The first-order valence-corrected chi connectivity index (χ1v) is 11.6. The van der Waals surface area contributed by atoms with Crippen LogP contribution in [0.25, 0.3) is 0 Å². The maximum atomic E-state index is 13.3. The predicted molar refractivity (Wildman–Crippen MR) is 125 cm³/mol. The van der Waals surface area contributed by atoms with Crippen molar-refractivity contribution in [2.24, 2.45) is 0 Å². The third-order valence-corrected chi connectivity index (χ3v) is 7.09. The van der Waals surface area contributed by atoms with Crippen molar-refractivity contribution in [3.63, 3.8) is 0 Å². The minimum absolute atomic E-state index is 0.322. The van der Waals surface area contributed by atoms with Crippen molar-refractivity contribution < 1.29 is 13.2 Å². The average Bonchev–Trinajstić information content (AvgIpc) is 2.76. The van der Waals surface area contributed by atoms with E-state index in [2.05, 4.69) is 60.0 Å². The number of piperazine rings is 1. The lowest BCUT2D eigenvalue weighted by Crippen LogP contribution is -2.46. The Morgan fingerprint density at radius 2 is 1.50 bits per heavy atom. The van der Waals surface area contributed by atoms with Gasteiger partial charge in [-0.05, 0) is 49.2 Å². The molecular formula is C26H27F3N2S. The molecule has 0 unspecified atom stereocenters. The van der Waals surface area contributed by atoms with Crippen LogP contribution in [0.2, 0.25) is 0 Å². The first-order chi connectivity index (χ1) is 15.3. The number of halogens is 3. The predicted octanol–water partition coefficient (Wildman–Crippen LogP) is 6.80. The molecule has 32 heavy (non-hydrogen) atoms. The lowest BCUT2D eigenvalue weighted by atomic mass is 10.1. The molecule has 0 saturated carbocycles. The Balaban J connectivity index is 1.44. The Bertz CT molecular complexity index is 1070. The molecule has 2 nitrogen and oxygen atoms in total. The maximum absolute atomic E-state index is 13.3. The van der Waals surface area contributed by atoms with Gasteiger partial charge in [-0.15, -0.1) is 0 Å². The molecule has 168 valence electrons. The second-order valence-electron chi connectivity index (χ2n) is 8.26. The first kappa shape index (κ1) is 22.7. The third kappa shape index (κ3) is 5.30. The molecule has 0 N–H and O–H groups in total. The minimum Gasteiger partial charge on any atom is -0.368 e. The van der Waals surface area contributed by atoms with E-state index in [1.165, 1.54) is 38.7 Å². The molecule has 0 spiro atoms. The van der Waals surface area contributed by atoms with Crippen LogP contribution in [0, 0.1) is 13.8 Å². The Morgan fingerprint density at radius 1 is 0.812 bits per heavy atom. The molecule has 0 amide bonds. The average molecular weight is 457 g/mol. The first-order valence-electron chi connectivity index (χ1n) is 10.8. The number of aryl methyl sites for hydroxylation is 2. The molecule has 1 aliphatic heterocycles. The van der Waals surface area contributed by atoms with E-state index in [-0.39, 0.29) is 0 Å². The molecule has 4 rings (SSSR count).